The fourth-order valence-corrected chi connectivity index (χ4v) is 0.606. The predicted molar refractivity (Wildman–Crippen MR) is 34.0 cm³/mol. The van der Waals surface area contributed by atoms with Crippen LogP contribution >= 0.6 is 0 Å². The van der Waals surface area contributed by atoms with Crippen molar-refractivity contribution < 1.29 is 14.7 Å². The van der Waals surface area contributed by atoms with Crippen molar-refractivity contribution in [3.05, 3.63) is 23.7 Å². The largest absolute Gasteiger partial charge is 0.458 e. The van der Waals surface area contributed by atoms with Crippen molar-refractivity contribution in [3.63, 3.8) is 0 Å². The maximum absolute atomic E-state index is 8.52. The lowest BCUT2D eigenvalue weighted by Crippen LogP contribution is -1.76. The Morgan fingerprint density at radius 1 is 1.60 bits per heavy atom. The van der Waals surface area contributed by atoms with Crippen LogP contribution in [0.1, 0.15) is 11.5 Å². The third kappa shape index (κ3) is 1.35. The SMILES string of the molecule is OCc1ccc(/C=N\O)o1. The van der Waals surface area contributed by atoms with Gasteiger partial charge in [-0.1, -0.05) is 5.16 Å². The maximum Gasteiger partial charge on any atom is 0.148 e. The fraction of sp³-hybridized carbons (Fsp3) is 0.167. The normalized spacial score (nSPS) is 10.9. The minimum atomic E-state index is -0.140. The summed E-state index contributed by atoms with van der Waals surface area (Å²) in [7, 11) is 0. The van der Waals surface area contributed by atoms with Crippen LogP contribution in [0.4, 0.5) is 0 Å². The van der Waals surface area contributed by atoms with Crippen molar-refractivity contribution in [3.8, 4) is 0 Å². The molecule has 0 atom stereocenters. The molecule has 54 valence electrons. The molecule has 0 saturated heterocycles. The smallest absolute Gasteiger partial charge is 0.148 e. The number of hydrogen-bond acceptors (Lipinski definition) is 4. The Hall–Kier alpha value is -1.29. The van der Waals surface area contributed by atoms with Crippen molar-refractivity contribution >= 4 is 6.21 Å². The summed E-state index contributed by atoms with van der Waals surface area (Å²) in [6.07, 6.45) is 1.15. The van der Waals surface area contributed by atoms with Gasteiger partial charge in [0.25, 0.3) is 0 Å². The molecule has 0 fully saturated rings. The monoisotopic (exact) mass is 141 g/mol. The van der Waals surface area contributed by atoms with Gasteiger partial charge in [-0.2, -0.15) is 0 Å². The Morgan fingerprint density at radius 2 is 2.40 bits per heavy atom. The summed E-state index contributed by atoms with van der Waals surface area (Å²) in [5.41, 5.74) is 0. The molecule has 1 rings (SSSR count). The highest BCUT2D eigenvalue weighted by atomic mass is 16.4. The van der Waals surface area contributed by atoms with Gasteiger partial charge in [0.1, 0.15) is 24.3 Å². The van der Waals surface area contributed by atoms with Crippen LogP contribution in [-0.2, 0) is 6.61 Å². The van der Waals surface area contributed by atoms with Gasteiger partial charge >= 0.3 is 0 Å². The van der Waals surface area contributed by atoms with Crippen LogP contribution in [0.3, 0.4) is 0 Å². The highest BCUT2D eigenvalue weighted by Crippen LogP contribution is 2.04. The molecule has 4 nitrogen and oxygen atoms in total. The van der Waals surface area contributed by atoms with Crippen LogP contribution in [-0.4, -0.2) is 16.5 Å². The molecule has 0 saturated carbocycles. The molecule has 0 bridgehead atoms. The van der Waals surface area contributed by atoms with Gasteiger partial charge < -0.3 is 14.7 Å². The Kier molecular flexibility index (Phi) is 2.07. The Morgan fingerprint density at radius 3 is 2.90 bits per heavy atom. The van der Waals surface area contributed by atoms with E-state index in [0.29, 0.717) is 11.5 Å². The third-order valence-corrected chi connectivity index (χ3v) is 1.02. The van der Waals surface area contributed by atoms with Crippen LogP contribution in [0.25, 0.3) is 0 Å². The summed E-state index contributed by atoms with van der Waals surface area (Å²) in [5, 5.41) is 19.3. The number of nitrogens with zero attached hydrogens (tertiary/aromatic N) is 1. The van der Waals surface area contributed by atoms with E-state index in [0.717, 1.165) is 6.21 Å². The second-order valence-electron chi connectivity index (χ2n) is 1.71. The minimum Gasteiger partial charge on any atom is -0.458 e. The van der Waals surface area contributed by atoms with E-state index < -0.39 is 0 Å². The first-order chi connectivity index (χ1) is 4.86. The van der Waals surface area contributed by atoms with Crippen molar-refractivity contribution in [2.45, 2.75) is 6.61 Å². The quantitative estimate of drug-likeness (QED) is 0.359. The van der Waals surface area contributed by atoms with Gasteiger partial charge in [-0.3, -0.25) is 0 Å². The average molecular weight is 141 g/mol. The molecule has 0 aromatic carbocycles. The predicted octanol–water partition coefficient (Wildman–Crippen LogP) is 0.580. The Bertz CT molecular complexity index is 229. The Balaban J connectivity index is 2.78. The molecule has 2 N–H and O–H groups in total. The van der Waals surface area contributed by atoms with Gasteiger partial charge in [0.05, 0.1) is 0 Å². The first-order valence-electron chi connectivity index (χ1n) is 2.74. The molecule has 0 unspecified atom stereocenters. The molecule has 4 heteroatoms. The molecule has 0 aliphatic heterocycles. The summed E-state index contributed by atoms with van der Waals surface area (Å²) < 4.78 is 4.91. The first kappa shape index (κ1) is 6.82. The van der Waals surface area contributed by atoms with Crippen molar-refractivity contribution in [1.82, 2.24) is 0 Å². The number of furan rings is 1. The van der Waals surface area contributed by atoms with E-state index in [1.807, 2.05) is 0 Å². The van der Waals surface area contributed by atoms with Gasteiger partial charge in [0, 0.05) is 0 Å². The molecular weight excluding hydrogens is 134 g/mol. The van der Waals surface area contributed by atoms with Crippen LogP contribution in [0.15, 0.2) is 21.7 Å². The summed E-state index contributed by atoms with van der Waals surface area (Å²) in [6.45, 7) is -0.140. The second kappa shape index (κ2) is 3.03. The molecule has 0 aliphatic rings. The lowest BCUT2D eigenvalue weighted by atomic mass is 10.4. The number of aliphatic hydroxyl groups excluding tert-OH is 1. The molecule has 0 radical (unpaired) electrons. The first-order valence-corrected chi connectivity index (χ1v) is 2.74. The van der Waals surface area contributed by atoms with Crippen LogP contribution < -0.4 is 0 Å². The summed E-state index contributed by atoms with van der Waals surface area (Å²) in [6, 6.07) is 3.21. The van der Waals surface area contributed by atoms with E-state index in [4.69, 9.17) is 14.7 Å². The zero-order chi connectivity index (χ0) is 7.40. The van der Waals surface area contributed by atoms with Gasteiger partial charge in [0.15, 0.2) is 0 Å². The van der Waals surface area contributed by atoms with Crippen LogP contribution in [0.2, 0.25) is 0 Å². The van der Waals surface area contributed by atoms with E-state index in [9.17, 15) is 0 Å². The topological polar surface area (TPSA) is 66.0 Å². The van der Waals surface area contributed by atoms with Gasteiger partial charge in [0.2, 0.25) is 0 Å². The van der Waals surface area contributed by atoms with E-state index >= 15 is 0 Å². The highest BCUT2D eigenvalue weighted by molar-refractivity contribution is 5.75. The summed E-state index contributed by atoms with van der Waals surface area (Å²) >= 11 is 0. The standard InChI is InChI=1S/C6H7NO3/c8-4-6-2-1-5(10-6)3-7-9/h1-3,8-9H,4H2/b7-3-. The highest BCUT2D eigenvalue weighted by Gasteiger charge is 1.96. The third-order valence-electron chi connectivity index (χ3n) is 1.02. The fourth-order valence-electron chi connectivity index (χ4n) is 0.606. The molecule has 0 spiro atoms. The molecule has 0 amide bonds. The van der Waals surface area contributed by atoms with Crippen molar-refractivity contribution in [2.75, 3.05) is 0 Å². The number of oxime groups is 1. The molecule has 1 aromatic heterocycles. The zero-order valence-electron chi connectivity index (χ0n) is 5.19. The summed E-state index contributed by atoms with van der Waals surface area (Å²) in [4.78, 5) is 0. The zero-order valence-corrected chi connectivity index (χ0v) is 5.19. The number of aliphatic hydroxyl groups is 1. The van der Waals surface area contributed by atoms with Gasteiger partial charge in [-0.25, -0.2) is 0 Å². The molecule has 10 heavy (non-hydrogen) atoms. The molecule has 1 aromatic rings. The minimum absolute atomic E-state index is 0.140. The van der Waals surface area contributed by atoms with E-state index in [2.05, 4.69) is 5.16 Å². The van der Waals surface area contributed by atoms with Crippen LogP contribution in [0, 0.1) is 0 Å². The van der Waals surface area contributed by atoms with E-state index in [1.54, 1.807) is 12.1 Å². The molecule has 1 heterocycles. The van der Waals surface area contributed by atoms with Gasteiger partial charge in [-0.05, 0) is 12.1 Å². The average Bonchev–Trinajstić information content (AvgIpc) is 2.37. The molecular formula is C6H7NO3. The lowest BCUT2D eigenvalue weighted by Gasteiger charge is -1.83. The van der Waals surface area contributed by atoms with Gasteiger partial charge in [-0.15, -0.1) is 0 Å². The Labute approximate surface area is 57.4 Å². The molecule has 0 aliphatic carbocycles. The lowest BCUT2D eigenvalue weighted by molar-refractivity contribution is 0.246. The van der Waals surface area contributed by atoms with E-state index in [1.165, 1.54) is 0 Å². The second-order valence-corrected chi connectivity index (χ2v) is 1.71. The van der Waals surface area contributed by atoms with E-state index in [-0.39, 0.29) is 6.61 Å². The number of hydrogen-bond donors (Lipinski definition) is 2. The maximum atomic E-state index is 8.52. The number of rotatable bonds is 2. The summed E-state index contributed by atoms with van der Waals surface area (Å²) in [5.74, 6) is 0.876. The van der Waals surface area contributed by atoms with Crippen molar-refractivity contribution in [2.24, 2.45) is 5.16 Å². The van der Waals surface area contributed by atoms with Crippen LogP contribution in [0.5, 0.6) is 0 Å². The van der Waals surface area contributed by atoms with Crippen molar-refractivity contribution in [1.29, 1.82) is 0 Å².